The topological polar surface area (TPSA) is 35.2 Å². The van der Waals surface area contributed by atoms with Crippen molar-refractivity contribution in [3.63, 3.8) is 0 Å². The van der Waals surface area contributed by atoms with Gasteiger partial charge in [-0.3, -0.25) is 0 Å². The molecule has 0 atom stereocenters. The van der Waals surface area contributed by atoms with E-state index in [9.17, 15) is 5.26 Å². The molecular weight excluding hydrogens is 717 g/mol. The highest BCUT2D eigenvalue weighted by Crippen LogP contribution is 2.43. The minimum absolute atomic E-state index is 0.0545. The van der Waals surface area contributed by atoms with E-state index < -0.39 is 0 Å². The summed E-state index contributed by atoms with van der Waals surface area (Å²) in [5, 5.41) is 14.4. The van der Waals surface area contributed by atoms with Gasteiger partial charge in [-0.15, -0.1) is 0 Å². The number of nitrogens with zero attached hydrogens (tertiary/aromatic N) is 4. The van der Waals surface area contributed by atoms with Gasteiger partial charge in [-0.2, -0.15) is 5.26 Å². The monoisotopic (exact) mass is 764 g/mol. The van der Waals surface area contributed by atoms with Crippen LogP contribution in [0.1, 0.15) is 58.2 Å². The van der Waals surface area contributed by atoms with Gasteiger partial charge in [0.15, 0.2) is 0 Å². The number of rotatable bonds is 7. The van der Waals surface area contributed by atoms with E-state index in [1.54, 1.807) is 0 Å². The highest BCUT2D eigenvalue weighted by atomic mass is 15.1. The number of aromatic nitrogens is 1. The first kappa shape index (κ1) is 37.5. The molecule has 4 heteroatoms. The molecule has 0 saturated carbocycles. The molecule has 0 unspecified atom stereocenters. The van der Waals surface area contributed by atoms with Crippen molar-refractivity contribution in [2.24, 2.45) is 0 Å². The summed E-state index contributed by atoms with van der Waals surface area (Å²) in [5.74, 6) is 0. The van der Waals surface area contributed by atoms with Gasteiger partial charge < -0.3 is 14.4 Å². The predicted octanol–water partition coefficient (Wildman–Crippen LogP) is 15.3. The van der Waals surface area contributed by atoms with Crippen LogP contribution in [0.5, 0.6) is 0 Å². The number of nitriles is 1. The zero-order valence-corrected chi connectivity index (χ0v) is 34.6. The maximum atomic E-state index is 9.71. The average Bonchev–Trinajstić information content (AvgIpc) is 3.56. The Labute approximate surface area is 347 Å². The number of para-hydroxylation sites is 2. The maximum absolute atomic E-state index is 9.71. The van der Waals surface area contributed by atoms with Crippen LogP contribution in [-0.2, 0) is 10.8 Å². The van der Waals surface area contributed by atoms with Crippen molar-refractivity contribution in [1.82, 2.24) is 4.57 Å². The molecular formula is C55H48N4. The molecule has 4 nitrogen and oxygen atoms in total. The Morgan fingerprint density at radius 2 is 0.864 bits per heavy atom. The molecule has 0 aliphatic carbocycles. The quantitative estimate of drug-likeness (QED) is 0.162. The van der Waals surface area contributed by atoms with Crippen LogP contribution in [0.2, 0.25) is 0 Å². The summed E-state index contributed by atoms with van der Waals surface area (Å²) in [7, 11) is 0. The summed E-state index contributed by atoms with van der Waals surface area (Å²) in [5.41, 5.74) is 13.1. The van der Waals surface area contributed by atoms with Crippen LogP contribution in [0.25, 0.3) is 38.3 Å². The smallest absolute Gasteiger partial charge is 0.0991 e. The number of hydrogen-bond acceptors (Lipinski definition) is 3. The predicted molar refractivity (Wildman–Crippen MR) is 250 cm³/mol. The van der Waals surface area contributed by atoms with Crippen molar-refractivity contribution >= 4 is 66.7 Å². The van der Waals surface area contributed by atoms with Crippen molar-refractivity contribution in [1.29, 1.82) is 5.26 Å². The van der Waals surface area contributed by atoms with Crippen LogP contribution in [0.4, 0.5) is 34.1 Å². The minimum atomic E-state index is 0.0545. The highest BCUT2D eigenvalue weighted by Gasteiger charge is 2.21. The van der Waals surface area contributed by atoms with Gasteiger partial charge in [-0.05, 0) is 142 Å². The van der Waals surface area contributed by atoms with Gasteiger partial charge in [0.2, 0.25) is 0 Å². The molecule has 8 aromatic carbocycles. The zero-order chi connectivity index (χ0) is 40.9. The summed E-state index contributed by atoms with van der Waals surface area (Å²) in [6.07, 6.45) is 0. The largest absolute Gasteiger partial charge is 0.310 e. The Morgan fingerprint density at radius 1 is 0.407 bits per heavy atom. The molecule has 0 amide bonds. The molecule has 1 aromatic heterocycles. The molecule has 0 fully saturated rings. The summed E-state index contributed by atoms with van der Waals surface area (Å²) in [6.45, 7) is 13.5. The van der Waals surface area contributed by atoms with E-state index in [0.717, 1.165) is 56.2 Å². The molecule has 0 spiro atoms. The molecule has 59 heavy (non-hydrogen) atoms. The second-order valence-corrected chi connectivity index (χ2v) is 17.5. The lowest BCUT2D eigenvalue weighted by Crippen LogP contribution is -2.13. The average molecular weight is 765 g/mol. The van der Waals surface area contributed by atoms with Gasteiger partial charge in [-0.25, -0.2) is 0 Å². The lowest BCUT2D eigenvalue weighted by molar-refractivity contribution is 0.590. The van der Waals surface area contributed by atoms with E-state index in [4.69, 9.17) is 0 Å². The third-order valence-corrected chi connectivity index (χ3v) is 11.5. The second-order valence-electron chi connectivity index (χ2n) is 17.5. The fourth-order valence-corrected chi connectivity index (χ4v) is 8.25. The van der Waals surface area contributed by atoms with E-state index in [2.05, 4.69) is 232 Å². The van der Waals surface area contributed by atoms with Crippen LogP contribution in [0, 0.1) is 11.3 Å². The molecule has 9 aromatic rings. The Morgan fingerprint density at radius 3 is 1.37 bits per heavy atom. The second kappa shape index (κ2) is 14.7. The summed E-state index contributed by atoms with van der Waals surface area (Å²) in [6, 6.07) is 67.6. The summed E-state index contributed by atoms with van der Waals surface area (Å²) >= 11 is 0. The third kappa shape index (κ3) is 7.11. The van der Waals surface area contributed by atoms with Crippen molar-refractivity contribution in [3.8, 4) is 11.8 Å². The Kier molecular flexibility index (Phi) is 9.33. The molecule has 0 bridgehead atoms. The van der Waals surface area contributed by atoms with Gasteiger partial charge in [0, 0.05) is 50.6 Å². The number of benzene rings is 8. The standard InChI is InChI=1S/C55H48N4/c1-54(2,3)41-20-27-45(28-21-41)57(43-13-9-7-10-14-43)48-26-19-39-34-51-50-32-31-49(58(44-15-11-8-12-16-44)46-29-22-42(23-30-46)55(4,5)6)36-53(50)59(52(51)35-40(39)33-48)47-24-17-38(37-56)18-25-47/h7-36H,1-6H3. The van der Waals surface area contributed by atoms with Crippen molar-refractivity contribution in [2.45, 2.75) is 52.4 Å². The normalized spacial score (nSPS) is 11.9. The van der Waals surface area contributed by atoms with Crippen molar-refractivity contribution in [3.05, 3.63) is 199 Å². The van der Waals surface area contributed by atoms with Gasteiger partial charge in [-0.1, -0.05) is 114 Å². The Hall–Kier alpha value is -7.09. The molecule has 0 radical (unpaired) electrons. The fourth-order valence-electron chi connectivity index (χ4n) is 8.25. The van der Waals surface area contributed by atoms with Gasteiger partial charge in [0.1, 0.15) is 0 Å². The fraction of sp³-hybridized carbons (Fsp3) is 0.145. The first-order valence-corrected chi connectivity index (χ1v) is 20.4. The van der Waals surface area contributed by atoms with Crippen LogP contribution in [0.3, 0.4) is 0 Å². The highest BCUT2D eigenvalue weighted by molar-refractivity contribution is 6.14. The van der Waals surface area contributed by atoms with Crippen LogP contribution in [0.15, 0.2) is 182 Å². The Balaban J connectivity index is 1.25. The van der Waals surface area contributed by atoms with Gasteiger partial charge in [0.25, 0.3) is 0 Å². The minimum Gasteiger partial charge on any atom is -0.310 e. The SMILES string of the molecule is CC(C)(C)c1ccc(N(c2ccccc2)c2ccc3cc4c5ccc(N(c6ccccc6)c6ccc(C(C)(C)C)cc6)cc5n(-c5ccc(C#N)cc5)c4cc3c2)cc1. The Bertz CT molecular complexity index is 2980. The molecule has 0 saturated heterocycles. The molecule has 0 aliphatic heterocycles. The van der Waals surface area contributed by atoms with E-state index in [1.165, 1.54) is 27.3 Å². The van der Waals surface area contributed by atoms with Gasteiger partial charge >= 0.3 is 0 Å². The van der Waals surface area contributed by atoms with Gasteiger partial charge in [0.05, 0.1) is 22.7 Å². The molecule has 9 rings (SSSR count). The summed E-state index contributed by atoms with van der Waals surface area (Å²) < 4.78 is 2.35. The number of anilines is 6. The van der Waals surface area contributed by atoms with E-state index >= 15 is 0 Å². The lowest BCUT2D eigenvalue weighted by atomic mass is 9.87. The third-order valence-electron chi connectivity index (χ3n) is 11.5. The molecule has 0 N–H and O–H groups in total. The first-order valence-electron chi connectivity index (χ1n) is 20.4. The van der Waals surface area contributed by atoms with E-state index in [0.29, 0.717) is 5.56 Å². The lowest BCUT2D eigenvalue weighted by Gasteiger charge is -2.27. The number of hydrogen-bond donors (Lipinski definition) is 0. The first-order chi connectivity index (χ1) is 28.5. The van der Waals surface area contributed by atoms with Crippen LogP contribution >= 0.6 is 0 Å². The van der Waals surface area contributed by atoms with Crippen LogP contribution < -0.4 is 9.80 Å². The molecule has 0 aliphatic rings. The maximum Gasteiger partial charge on any atom is 0.0991 e. The van der Waals surface area contributed by atoms with Crippen LogP contribution in [-0.4, -0.2) is 4.57 Å². The molecule has 288 valence electrons. The number of fused-ring (bicyclic) bond motifs is 4. The molecule has 1 heterocycles. The van der Waals surface area contributed by atoms with Crippen molar-refractivity contribution in [2.75, 3.05) is 9.80 Å². The summed E-state index contributed by atoms with van der Waals surface area (Å²) in [4.78, 5) is 4.67. The zero-order valence-electron chi connectivity index (χ0n) is 34.6. The van der Waals surface area contributed by atoms with Crippen molar-refractivity contribution < 1.29 is 0 Å². The van der Waals surface area contributed by atoms with E-state index in [-0.39, 0.29) is 10.8 Å². The van der Waals surface area contributed by atoms with E-state index in [1.807, 2.05) is 12.1 Å².